The van der Waals surface area contributed by atoms with Gasteiger partial charge < -0.3 is 10.5 Å². The highest BCUT2D eigenvalue weighted by atomic mass is 19.1. The Balaban J connectivity index is 2.27. The van der Waals surface area contributed by atoms with Crippen molar-refractivity contribution in [2.75, 3.05) is 0 Å². The van der Waals surface area contributed by atoms with Crippen molar-refractivity contribution in [3.8, 4) is 5.75 Å². The molecule has 2 nitrogen and oxygen atoms in total. The second kappa shape index (κ2) is 5.85. The van der Waals surface area contributed by atoms with Crippen LogP contribution in [0.5, 0.6) is 5.75 Å². The van der Waals surface area contributed by atoms with Crippen molar-refractivity contribution in [3.63, 3.8) is 0 Å². The average molecular weight is 259 g/mol. The lowest BCUT2D eigenvalue weighted by Crippen LogP contribution is -2.12. The molecule has 0 saturated carbocycles. The van der Waals surface area contributed by atoms with Crippen LogP contribution < -0.4 is 10.5 Å². The van der Waals surface area contributed by atoms with Crippen molar-refractivity contribution in [2.45, 2.75) is 26.0 Å². The van der Waals surface area contributed by atoms with Gasteiger partial charge in [-0.05, 0) is 31.5 Å². The molecule has 0 aliphatic heterocycles. The summed E-state index contributed by atoms with van der Waals surface area (Å²) < 4.78 is 19.6. The highest BCUT2D eigenvalue weighted by Gasteiger charge is 2.16. The number of benzene rings is 2. The average Bonchev–Trinajstić information content (AvgIpc) is 2.39. The first-order valence-corrected chi connectivity index (χ1v) is 6.35. The maximum Gasteiger partial charge on any atom is 0.131 e. The molecule has 2 N–H and O–H groups in total. The first kappa shape index (κ1) is 13.6. The highest BCUT2D eigenvalue weighted by Crippen LogP contribution is 2.30. The zero-order chi connectivity index (χ0) is 13.8. The van der Waals surface area contributed by atoms with Crippen LogP contribution in [0.4, 0.5) is 4.39 Å². The van der Waals surface area contributed by atoms with Gasteiger partial charge in [0.2, 0.25) is 0 Å². The van der Waals surface area contributed by atoms with Gasteiger partial charge in [-0.25, -0.2) is 4.39 Å². The van der Waals surface area contributed by atoms with Crippen LogP contribution in [-0.2, 0) is 0 Å². The van der Waals surface area contributed by atoms with E-state index in [9.17, 15) is 4.39 Å². The summed E-state index contributed by atoms with van der Waals surface area (Å²) in [5, 5.41) is 0. The van der Waals surface area contributed by atoms with Gasteiger partial charge in [0.25, 0.3) is 0 Å². The van der Waals surface area contributed by atoms with E-state index >= 15 is 0 Å². The Bertz CT molecular complexity index is 540. The summed E-state index contributed by atoms with van der Waals surface area (Å²) in [7, 11) is 0. The first-order chi connectivity index (χ1) is 9.09. The van der Waals surface area contributed by atoms with Gasteiger partial charge in [0.1, 0.15) is 17.7 Å². The Kier molecular flexibility index (Phi) is 4.17. The van der Waals surface area contributed by atoms with Gasteiger partial charge in [-0.3, -0.25) is 0 Å². The summed E-state index contributed by atoms with van der Waals surface area (Å²) in [6.07, 6.45) is -0.152. The quantitative estimate of drug-likeness (QED) is 0.901. The van der Waals surface area contributed by atoms with Gasteiger partial charge in [0.05, 0.1) is 0 Å². The molecule has 0 spiro atoms. The Morgan fingerprint density at radius 3 is 2.32 bits per heavy atom. The molecule has 0 heterocycles. The van der Waals surface area contributed by atoms with E-state index in [1.165, 1.54) is 6.07 Å². The number of rotatable bonds is 4. The smallest absolute Gasteiger partial charge is 0.131 e. The summed E-state index contributed by atoms with van der Waals surface area (Å²) in [5.41, 5.74) is 7.28. The summed E-state index contributed by atoms with van der Waals surface area (Å²) in [6.45, 7) is 3.68. The highest BCUT2D eigenvalue weighted by molar-refractivity contribution is 5.37. The van der Waals surface area contributed by atoms with Gasteiger partial charge in [0, 0.05) is 11.6 Å². The predicted molar refractivity (Wildman–Crippen MR) is 74.5 cm³/mol. The number of hydrogen-bond donors (Lipinski definition) is 1. The Hall–Kier alpha value is -1.87. The van der Waals surface area contributed by atoms with E-state index in [0.29, 0.717) is 11.3 Å². The van der Waals surface area contributed by atoms with Crippen LogP contribution in [0.2, 0.25) is 0 Å². The van der Waals surface area contributed by atoms with Gasteiger partial charge in [-0.1, -0.05) is 36.4 Å². The Morgan fingerprint density at radius 1 is 1.00 bits per heavy atom. The zero-order valence-corrected chi connectivity index (χ0v) is 11.1. The van der Waals surface area contributed by atoms with Crippen molar-refractivity contribution >= 4 is 0 Å². The molecule has 3 heteroatoms. The first-order valence-electron chi connectivity index (χ1n) is 6.35. The standard InChI is InChI=1S/C16H18FNO/c1-11(18)16-14(17)9-6-10-15(16)19-12(2)13-7-4-3-5-8-13/h3-12H,18H2,1-2H3/t11-,12?/m1/s1. The zero-order valence-electron chi connectivity index (χ0n) is 11.1. The fourth-order valence-corrected chi connectivity index (χ4v) is 2.04. The molecule has 0 saturated heterocycles. The molecule has 0 amide bonds. The minimum Gasteiger partial charge on any atom is -0.486 e. The lowest BCUT2D eigenvalue weighted by Gasteiger charge is -2.19. The summed E-state index contributed by atoms with van der Waals surface area (Å²) >= 11 is 0. The number of halogens is 1. The molecule has 0 bridgehead atoms. The van der Waals surface area contributed by atoms with Gasteiger partial charge in [0.15, 0.2) is 0 Å². The molecule has 0 aliphatic carbocycles. The van der Waals surface area contributed by atoms with E-state index in [1.807, 2.05) is 37.3 Å². The van der Waals surface area contributed by atoms with Crippen LogP contribution in [0.3, 0.4) is 0 Å². The van der Waals surface area contributed by atoms with E-state index in [2.05, 4.69) is 0 Å². The van der Waals surface area contributed by atoms with Crippen LogP contribution in [0, 0.1) is 5.82 Å². The summed E-state index contributed by atoms with van der Waals surface area (Å²) in [6, 6.07) is 14.2. The van der Waals surface area contributed by atoms with Crippen LogP contribution in [-0.4, -0.2) is 0 Å². The monoisotopic (exact) mass is 259 g/mol. The van der Waals surface area contributed by atoms with E-state index in [0.717, 1.165) is 5.56 Å². The molecule has 0 aliphatic rings. The summed E-state index contributed by atoms with van der Waals surface area (Å²) in [5.74, 6) is 0.180. The second-order valence-electron chi connectivity index (χ2n) is 4.61. The minimum absolute atomic E-state index is 0.152. The largest absolute Gasteiger partial charge is 0.486 e. The second-order valence-corrected chi connectivity index (χ2v) is 4.61. The van der Waals surface area contributed by atoms with Crippen molar-refractivity contribution in [2.24, 2.45) is 5.73 Å². The molecule has 100 valence electrons. The molecule has 0 aromatic heterocycles. The van der Waals surface area contributed by atoms with Crippen molar-refractivity contribution in [3.05, 3.63) is 65.5 Å². The third kappa shape index (κ3) is 3.12. The molecule has 0 radical (unpaired) electrons. The number of ether oxygens (including phenoxy) is 1. The van der Waals surface area contributed by atoms with Gasteiger partial charge in [-0.2, -0.15) is 0 Å². The van der Waals surface area contributed by atoms with Crippen molar-refractivity contribution in [1.82, 2.24) is 0 Å². The molecule has 2 aromatic rings. The number of hydrogen-bond acceptors (Lipinski definition) is 2. The van der Waals surface area contributed by atoms with Crippen molar-refractivity contribution in [1.29, 1.82) is 0 Å². The molecule has 19 heavy (non-hydrogen) atoms. The Labute approximate surface area is 113 Å². The molecule has 2 atom stereocenters. The van der Waals surface area contributed by atoms with E-state index < -0.39 is 6.04 Å². The van der Waals surface area contributed by atoms with Gasteiger partial charge >= 0.3 is 0 Å². The minimum atomic E-state index is -0.404. The summed E-state index contributed by atoms with van der Waals surface area (Å²) in [4.78, 5) is 0. The SMILES string of the molecule is CC(Oc1cccc(F)c1[C@@H](C)N)c1ccccc1. The van der Waals surface area contributed by atoms with E-state index in [1.54, 1.807) is 19.1 Å². The molecular formula is C16H18FNO. The van der Waals surface area contributed by atoms with Gasteiger partial charge in [-0.15, -0.1) is 0 Å². The maximum atomic E-state index is 13.8. The molecule has 2 aromatic carbocycles. The predicted octanol–water partition coefficient (Wildman–Crippen LogP) is 3.99. The van der Waals surface area contributed by atoms with Crippen molar-refractivity contribution < 1.29 is 9.13 Å². The third-order valence-electron chi connectivity index (χ3n) is 3.04. The molecule has 2 rings (SSSR count). The molecule has 1 unspecified atom stereocenters. The van der Waals surface area contributed by atoms with Crippen LogP contribution in [0.1, 0.15) is 37.1 Å². The molecule has 0 fully saturated rings. The topological polar surface area (TPSA) is 35.2 Å². The van der Waals surface area contributed by atoms with Crippen LogP contribution in [0.15, 0.2) is 48.5 Å². The third-order valence-corrected chi connectivity index (χ3v) is 3.04. The normalized spacial score (nSPS) is 13.9. The fraction of sp³-hybridized carbons (Fsp3) is 0.250. The van der Waals surface area contributed by atoms with E-state index in [-0.39, 0.29) is 11.9 Å². The lowest BCUT2D eigenvalue weighted by molar-refractivity contribution is 0.222. The van der Waals surface area contributed by atoms with Crippen LogP contribution in [0.25, 0.3) is 0 Å². The molecular weight excluding hydrogens is 241 g/mol. The number of nitrogens with two attached hydrogens (primary N) is 1. The van der Waals surface area contributed by atoms with E-state index in [4.69, 9.17) is 10.5 Å². The van der Waals surface area contributed by atoms with Crippen LogP contribution >= 0.6 is 0 Å². The lowest BCUT2D eigenvalue weighted by atomic mass is 10.1. The Morgan fingerprint density at radius 2 is 1.68 bits per heavy atom. The fourth-order valence-electron chi connectivity index (χ4n) is 2.04. The maximum absolute atomic E-state index is 13.8.